The minimum atomic E-state index is -0.803. The van der Waals surface area contributed by atoms with Crippen LogP contribution in [0.5, 0.6) is 11.6 Å². The molecule has 2 heterocycles. The highest BCUT2D eigenvalue weighted by Gasteiger charge is 2.22. The van der Waals surface area contributed by atoms with E-state index in [9.17, 15) is 13.6 Å². The number of ether oxygens (including phenoxy) is 2. The SMILES string of the molecule is CCOC(=O)c1nnc(-c2cc(F)ccc2F)nc1Oc1ccncc1. The lowest BCUT2D eigenvalue weighted by molar-refractivity contribution is 0.0514. The highest BCUT2D eigenvalue weighted by Crippen LogP contribution is 2.26. The Bertz CT molecular complexity index is 939. The molecule has 3 aromatic rings. The van der Waals surface area contributed by atoms with Gasteiger partial charge in [0.15, 0.2) is 5.82 Å². The maximum absolute atomic E-state index is 14.0. The lowest BCUT2D eigenvalue weighted by Gasteiger charge is -2.10. The molecule has 9 heteroatoms. The second-order valence-electron chi connectivity index (χ2n) is 4.92. The van der Waals surface area contributed by atoms with E-state index in [1.54, 1.807) is 6.92 Å². The number of hydrogen-bond donors (Lipinski definition) is 0. The number of carbonyl (C=O) groups excluding carboxylic acids is 1. The third kappa shape index (κ3) is 3.77. The van der Waals surface area contributed by atoms with E-state index in [1.807, 2.05) is 0 Å². The number of rotatable bonds is 5. The third-order valence-electron chi connectivity index (χ3n) is 3.16. The van der Waals surface area contributed by atoms with Crippen molar-refractivity contribution < 1.29 is 23.0 Å². The Balaban J connectivity index is 2.07. The summed E-state index contributed by atoms with van der Waals surface area (Å²) in [6.45, 7) is 1.73. The highest BCUT2D eigenvalue weighted by atomic mass is 19.1. The van der Waals surface area contributed by atoms with Crippen LogP contribution in [-0.4, -0.2) is 32.7 Å². The highest BCUT2D eigenvalue weighted by molar-refractivity contribution is 5.89. The molecule has 0 saturated heterocycles. The second kappa shape index (κ2) is 7.60. The van der Waals surface area contributed by atoms with Gasteiger partial charge in [-0.1, -0.05) is 0 Å². The van der Waals surface area contributed by atoms with Gasteiger partial charge in [-0.3, -0.25) is 4.98 Å². The van der Waals surface area contributed by atoms with Gasteiger partial charge in [-0.15, -0.1) is 10.2 Å². The van der Waals surface area contributed by atoms with E-state index in [0.717, 1.165) is 18.2 Å². The molecule has 0 saturated carbocycles. The molecule has 26 heavy (non-hydrogen) atoms. The number of nitrogens with zero attached hydrogens (tertiary/aromatic N) is 4. The maximum Gasteiger partial charge on any atom is 0.364 e. The molecule has 0 aliphatic carbocycles. The molecule has 0 aliphatic rings. The predicted octanol–water partition coefficient (Wildman–Crippen LogP) is 3.18. The Hall–Kier alpha value is -3.49. The minimum Gasteiger partial charge on any atom is -0.461 e. The maximum atomic E-state index is 14.0. The summed E-state index contributed by atoms with van der Waals surface area (Å²) in [4.78, 5) is 19.9. The fraction of sp³-hybridized carbons (Fsp3) is 0.118. The summed E-state index contributed by atoms with van der Waals surface area (Å²) in [5.74, 6) is -2.38. The molecule has 0 radical (unpaired) electrons. The Morgan fingerprint density at radius 2 is 1.88 bits per heavy atom. The van der Waals surface area contributed by atoms with Crippen LogP contribution in [0.25, 0.3) is 11.4 Å². The summed E-state index contributed by atoms with van der Waals surface area (Å²) >= 11 is 0. The molecule has 0 spiro atoms. The number of carbonyl (C=O) groups is 1. The van der Waals surface area contributed by atoms with Gasteiger partial charge in [0.25, 0.3) is 5.88 Å². The van der Waals surface area contributed by atoms with Crippen LogP contribution in [0.1, 0.15) is 17.4 Å². The summed E-state index contributed by atoms with van der Waals surface area (Å²) in [6, 6.07) is 5.88. The molecule has 0 unspecified atom stereocenters. The Morgan fingerprint density at radius 3 is 2.62 bits per heavy atom. The van der Waals surface area contributed by atoms with E-state index in [2.05, 4.69) is 20.2 Å². The van der Waals surface area contributed by atoms with Crippen molar-refractivity contribution in [3.8, 4) is 23.0 Å². The van der Waals surface area contributed by atoms with Gasteiger partial charge in [0.1, 0.15) is 17.4 Å². The number of aromatic nitrogens is 4. The van der Waals surface area contributed by atoms with Gasteiger partial charge >= 0.3 is 5.97 Å². The first-order valence-corrected chi connectivity index (χ1v) is 7.53. The number of halogens is 2. The molecule has 7 nitrogen and oxygen atoms in total. The molecule has 2 aromatic heterocycles. The normalized spacial score (nSPS) is 10.4. The van der Waals surface area contributed by atoms with Crippen molar-refractivity contribution in [1.82, 2.24) is 20.2 Å². The molecule has 1 aromatic carbocycles. The lowest BCUT2D eigenvalue weighted by Crippen LogP contribution is -2.12. The van der Waals surface area contributed by atoms with E-state index in [-0.39, 0.29) is 29.6 Å². The largest absolute Gasteiger partial charge is 0.461 e. The number of benzene rings is 1. The lowest BCUT2D eigenvalue weighted by atomic mass is 10.2. The predicted molar refractivity (Wildman–Crippen MR) is 85.4 cm³/mol. The topological polar surface area (TPSA) is 87.1 Å². The standard InChI is InChI=1S/C17H12F2N4O3/c1-2-25-17(24)14-16(26-11-5-7-20-8-6-11)21-15(23-22-14)12-9-10(18)3-4-13(12)19/h3-9H,2H2,1H3. The smallest absolute Gasteiger partial charge is 0.364 e. The zero-order chi connectivity index (χ0) is 18.5. The molecule has 0 atom stereocenters. The van der Waals surface area contributed by atoms with Crippen LogP contribution in [0.2, 0.25) is 0 Å². The molecule has 132 valence electrons. The summed E-state index contributed by atoms with van der Waals surface area (Å²) < 4.78 is 37.8. The third-order valence-corrected chi connectivity index (χ3v) is 3.16. The van der Waals surface area contributed by atoms with Gasteiger partial charge in [-0.2, -0.15) is 4.98 Å². The average molecular weight is 358 g/mol. The van der Waals surface area contributed by atoms with E-state index < -0.39 is 17.6 Å². The Kier molecular flexibility index (Phi) is 5.07. The van der Waals surface area contributed by atoms with Crippen molar-refractivity contribution in [1.29, 1.82) is 0 Å². The molecule has 0 fully saturated rings. The van der Waals surface area contributed by atoms with Crippen molar-refractivity contribution in [2.75, 3.05) is 6.61 Å². The van der Waals surface area contributed by atoms with Crippen LogP contribution in [0, 0.1) is 11.6 Å². The van der Waals surface area contributed by atoms with Crippen molar-refractivity contribution in [3.05, 3.63) is 60.1 Å². The van der Waals surface area contributed by atoms with E-state index in [0.29, 0.717) is 5.75 Å². The van der Waals surface area contributed by atoms with Crippen LogP contribution in [0.4, 0.5) is 8.78 Å². The van der Waals surface area contributed by atoms with E-state index in [4.69, 9.17) is 9.47 Å². The minimum absolute atomic E-state index is 0.107. The fourth-order valence-corrected chi connectivity index (χ4v) is 2.01. The second-order valence-corrected chi connectivity index (χ2v) is 4.92. The number of hydrogen-bond acceptors (Lipinski definition) is 7. The van der Waals surface area contributed by atoms with Gasteiger partial charge in [-0.05, 0) is 37.3 Å². The fourth-order valence-electron chi connectivity index (χ4n) is 2.01. The molecular weight excluding hydrogens is 346 g/mol. The Morgan fingerprint density at radius 1 is 1.12 bits per heavy atom. The van der Waals surface area contributed by atoms with E-state index >= 15 is 0 Å². The molecular formula is C17H12F2N4O3. The van der Waals surface area contributed by atoms with Crippen LogP contribution in [-0.2, 0) is 4.74 Å². The average Bonchev–Trinajstić information content (AvgIpc) is 2.64. The summed E-state index contributed by atoms with van der Waals surface area (Å²) in [5, 5.41) is 7.42. The summed E-state index contributed by atoms with van der Waals surface area (Å²) in [5.41, 5.74) is -0.503. The molecule has 0 N–H and O–H groups in total. The first-order chi connectivity index (χ1) is 12.6. The quantitative estimate of drug-likeness (QED) is 0.647. The van der Waals surface area contributed by atoms with Gasteiger partial charge in [0.2, 0.25) is 5.69 Å². The van der Waals surface area contributed by atoms with Crippen LogP contribution in [0.3, 0.4) is 0 Å². The van der Waals surface area contributed by atoms with Crippen LogP contribution in [0.15, 0.2) is 42.7 Å². The number of pyridine rings is 1. The van der Waals surface area contributed by atoms with Crippen molar-refractivity contribution in [3.63, 3.8) is 0 Å². The van der Waals surface area contributed by atoms with E-state index in [1.165, 1.54) is 24.5 Å². The van der Waals surface area contributed by atoms with Crippen LogP contribution >= 0.6 is 0 Å². The summed E-state index contributed by atoms with van der Waals surface area (Å²) in [6.07, 6.45) is 2.95. The first kappa shape index (κ1) is 17.3. The summed E-state index contributed by atoms with van der Waals surface area (Å²) in [7, 11) is 0. The van der Waals surface area contributed by atoms with Gasteiger partial charge < -0.3 is 9.47 Å². The molecule has 0 bridgehead atoms. The molecule has 0 aliphatic heterocycles. The van der Waals surface area contributed by atoms with Crippen LogP contribution < -0.4 is 4.74 Å². The first-order valence-electron chi connectivity index (χ1n) is 7.53. The number of esters is 1. The van der Waals surface area contributed by atoms with Crippen molar-refractivity contribution in [2.45, 2.75) is 6.92 Å². The van der Waals surface area contributed by atoms with Crippen molar-refractivity contribution >= 4 is 5.97 Å². The zero-order valence-electron chi connectivity index (χ0n) is 13.5. The molecule has 0 amide bonds. The molecule has 3 rings (SSSR count). The van der Waals surface area contributed by atoms with Gasteiger partial charge in [-0.25, -0.2) is 13.6 Å². The van der Waals surface area contributed by atoms with Gasteiger partial charge in [0.05, 0.1) is 12.2 Å². The monoisotopic (exact) mass is 358 g/mol. The van der Waals surface area contributed by atoms with Gasteiger partial charge in [0, 0.05) is 12.4 Å². The van der Waals surface area contributed by atoms with Crippen molar-refractivity contribution in [2.24, 2.45) is 0 Å². The zero-order valence-corrected chi connectivity index (χ0v) is 13.5. The Labute approximate surface area is 146 Å².